The molecule has 1 N–H and O–H groups in total. The molecule has 2 rings (SSSR count). The molecule has 0 radical (unpaired) electrons. The van der Waals surface area contributed by atoms with Crippen molar-refractivity contribution in [2.75, 3.05) is 26.2 Å². The van der Waals surface area contributed by atoms with Crippen LogP contribution in [0, 0.1) is 18.8 Å². The lowest BCUT2D eigenvalue weighted by Gasteiger charge is -2.26. The Hall–Kier alpha value is -0.160. The first kappa shape index (κ1) is 16.9. The van der Waals surface area contributed by atoms with Crippen LogP contribution in [-0.4, -0.2) is 36.1 Å². The highest BCUT2D eigenvalue weighted by Crippen LogP contribution is 2.18. The summed E-state index contributed by atoms with van der Waals surface area (Å²) in [5.74, 6) is 1.56. The molecule has 1 saturated heterocycles. The summed E-state index contributed by atoms with van der Waals surface area (Å²) in [7, 11) is 0. The second kappa shape index (κ2) is 8.20. The van der Waals surface area contributed by atoms with Gasteiger partial charge in [0.05, 0.1) is 11.2 Å². The summed E-state index contributed by atoms with van der Waals surface area (Å²) >= 11 is 1.79. The molecule has 1 unspecified atom stereocenters. The number of nitrogens with one attached hydrogen (secondary N) is 1. The van der Waals surface area contributed by atoms with Gasteiger partial charge in [0.15, 0.2) is 0 Å². The van der Waals surface area contributed by atoms with Crippen molar-refractivity contribution >= 4 is 23.7 Å². The van der Waals surface area contributed by atoms with E-state index in [1.807, 2.05) is 5.51 Å². The number of aromatic nitrogens is 1. The molecule has 1 fully saturated rings. The van der Waals surface area contributed by atoms with Crippen LogP contribution in [0.15, 0.2) is 5.51 Å². The number of thiazole rings is 1. The predicted molar refractivity (Wildman–Crippen MR) is 85.2 cm³/mol. The Morgan fingerprint density at radius 3 is 2.84 bits per heavy atom. The maximum Gasteiger partial charge on any atom is 0.0798 e. The van der Waals surface area contributed by atoms with Crippen LogP contribution in [0.5, 0.6) is 0 Å². The summed E-state index contributed by atoms with van der Waals surface area (Å²) in [4.78, 5) is 8.41. The van der Waals surface area contributed by atoms with Gasteiger partial charge in [0.1, 0.15) is 0 Å². The molecule has 1 aromatic heterocycles. The second-order valence-corrected chi connectivity index (χ2v) is 6.75. The van der Waals surface area contributed by atoms with Gasteiger partial charge in [-0.3, -0.25) is 4.90 Å². The van der Waals surface area contributed by atoms with E-state index in [0.717, 1.165) is 18.4 Å². The van der Waals surface area contributed by atoms with Gasteiger partial charge in [-0.1, -0.05) is 13.8 Å². The number of hydrogen-bond acceptors (Lipinski definition) is 4. The van der Waals surface area contributed by atoms with E-state index < -0.39 is 0 Å². The molecule has 110 valence electrons. The molecule has 0 bridgehead atoms. The molecule has 2 heterocycles. The van der Waals surface area contributed by atoms with Crippen LogP contribution in [0.1, 0.15) is 30.8 Å². The van der Waals surface area contributed by atoms with E-state index in [4.69, 9.17) is 0 Å². The van der Waals surface area contributed by atoms with E-state index in [-0.39, 0.29) is 12.4 Å². The number of aryl methyl sites for hydroxylation is 1. The Morgan fingerprint density at radius 1 is 1.53 bits per heavy atom. The van der Waals surface area contributed by atoms with Crippen LogP contribution < -0.4 is 5.32 Å². The summed E-state index contributed by atoms with van der Waals surface area (Å²) in [6.45, 7) is 12.6. The van der Waals surface area contributed by atoms with Gasteiger partial charge in [-0.25, -0.2) is 4.98 Å². The van der Waals surface area contributed by atoms with E-state index in [9.17, 15) is 0 Å². The smallest absolute Gasteiger partial charge is 0.0798 e. The first-order chi connectivity index (χ1) is 8.65. The summed E-state index contributed by atoms with van der Waals surface area (Å²) in [6.07, 6.45) is 1.33. The molecule has 0 saturated carbocycles. The van der Waals surface area contributed by atoms with E-state index in [2.05, 4.69) is 36.0 Å². The van der Waals surface area contributed by atoms with Crippen molar-refractivity contribution in [2.45, 2.75) is 33.7 Å². The topological polar surface area (TPSA) is 28.2 Å². The van der Waals surface area contributed by atoms with Gasteiger partial charge in [-0.2, -0.15) is 0 Å². The van der Waals surface area contributed by atoms with Crippen molar-refractivity contribution in [2.24, 2.45) is 11.8 Å². The average molecular weight is 304 g/mol. The fourth-order valence-electron chi connectivity index (χ4n) is 2.64. The van der Waals surface area contributed by atoms with E-state index >= 15 is 0 Å². The Balaban J connectivity index is 0.00000180. The van der Waals surface area contributed by atoms with Gasteiger partial charge in [0.2, 0.25) is 0 Å². The Kier molecular flexibility index (Phi) is 7.29. The third-order valence-electron chi connectivity index (χ3n) is 3.51. The predicted octanol–water partition coefficient (Wildman–Crippen LogP) is 2.94. The third kappa shape index (κ3) is 5.38. The van der Waals surface area contributed by atoms with Crippen molar-refractivity contribution in [3.63, 3.8) is 0 Å². The highest BCUT2D eigenvalue weighted by atomic mass is 35.5. The number of nitrogens with zero attached hydrogens (tertiary/aromatic N) is 2. The van der Waals surface area contributed by atoms with Crippen LogP contribution in [-0.2, 0) is 6.54 Å². The van der Waals surface area contributed by atoms with Crippen molar-refractivity contribution in [1.29, 1.82) is 0 Å². The fourth-order valence-corrected chi connectivity index (χ4v) is 3.45. The molecule has 1 aromatic rings. The first-order valence-electron chi connectivity index (χ1n) is 6.97. The van der Waals surface area contributed by atoms with E-state index in [0.29, 0.717) is 0 Å². The van der Waals surface area contributed by atoms with Crippen LogP contribution in [0.4, 0.5) is 0 Å². The van der Waals surface area contributed by atoms with E-state index in [1.54, 1.807) is 11.3 Å². The van der Waals surface area contributed by atoms with E-state index in [1.165, 1.54) is 43.2 Å². The zero-order valence-corrected chi connectivity index (χ0v) is 13.8. The number of halogens is 1. The second-order valence-electron chi connectivity index (χ2n) is 5.81. The standard InChI is InChI=1S/C14H25N3S.ClH/c1-11(2)7-17(8-13-4-5-15-6-13)9-14-12(3)16-10-18-14;/h10-11,13,15H,4-9H2,1-3H3;1H. The zero-order chi connectivity index (χ0) is 13.0. The molecule has 1 aliphatic rings. The van der Waals surface area contributed by atoms with Crippen LogP contribution in [0.2, 0.25) is 0 Å². The Morgan fingerprint density at radius 2 is 2.32 bits per heavy atom. The average Bonchev–Trinajstić information content (AvgIpc) is 2.91. The van der Waals surface area contributed by atoms with Gasteiger partial charge >= 0.3 is 0 Å². The molecule has 0 aliphatic carbocycles. The molecule has 19 heavy (non-hydrogen) atoms. The third-order valence-corrected chi connectivity index (χ3v) is 4.43. The van der Waals surface area contributed by atoms with Crippen LogP contribution in [0.3, 0.4) is 0 Å². The minimum absolute atomic E-state index is 0. The Labute approximate surface area is 127 Å². The Bertz CT molecular complexity index is 361. The fraction of sp³-hybridized carbons (Fsp3) is 0.786. The zero-order valence-electron chi connectivity index (χ0n) is 12.2. The van der Waals surface area contributed by atoms with Crippen molar-refractivity contribution in [3.8, 4) is 0 Å². The van der Waals surface area contributed by atoms with Crippen molar-refractivity contribution in [1.82, 2.24) is 15.2 Å². The quantitative estimate of drug-likeness (QED) is 0.876. The lowest BCUT2D eigenvalue weighted by Crippen LogP contribution is -2.33. The molecular formula is C14H26ClN3S. The summed E-state index contributed by atoms with van der Waals surface area (Å²) in [5.41, 5.74) is 3.17. The molecule has 0 amide bonds. The first-order valence-corrected chi connectivity index (χ1v) is 7.85. The van der Waals surface area contributed by atoms with Gasteiger partial charge in [-0.05, 0) is 38.3 Å². The van der Waals surface area contributed by atoms with Gasteiger partial charge in [-0.15, -0.1) is 23.7 Å². The van der Waals surface area contributed by atoms with Gasteiger partial charge in [0, 0.05) is 24.5 Å². The highest BCUT2D eigenvalue weighted by molar-refractivity contribution is 7.09. The lowest BCUT2D eigenvalue weighted by atomic mass is 10.1. The number of rotatable bonds is 6. The largest absolute Gasteiger partial charge is 0.316 e. The monoisotopic (exact) mass is 303 g/mol. The van der Waals surface area contributed by atoms with Crippen molar-refractivity contribution < 1.29 is 0 Å². The molecule has 0 aromatic carbocycles. The van der Waals surface area contributed by atoms with Crippen LogP contribution in [0.25, 0.3) is 0 Å². The summed E-state index contributed by atoms with van der Waals surface area (Å²) in [5, 5.41) is 3.46. The molecule has 1 atom stereocenters. The van der Waals surface area contributed by atoms with Gasteiger partial charge < -0.3 is 5.32 Å². The maximum absolute atomic E-state index is 4.36. The molecule has 5 heteroatoms. The summed E-state index contributed by atoms with van der Waals surface area (Å²) < 4.78 is 0. The lowest BCUT2D eigenvalue weighted by molar-refractivity contribution is 0.207. The van der Waals surface area contributed by atoms with Gasteiger partial charge in [0.25, 0.3) is 0 Å². The SMILES string of the molecule is Cc1ncsc1CN(CC(C)C)CC1CCNC1.Cl. The molecule has 0 spiro atoms. The minimum Gasteiger partial charge on any atom is -0.316 e. The maximum atomic E-state index is 4.36. The molecule has 1 aliphatic heterocycles. The molecule has 3 nitrogen and oxygen atoms in total. The minimum atomic E-state index is 0. The summed E-state index contributed by atoms with van der Waals surface area (Å²) in [6, 6.07) is 0. The highest BCUT2D eigenvalue weighted by Gasteiger charge is 2.19. The normalized spacial score (nSPS) is 19.1. The molecular weight excluding hydrogens is 278 g/mol. The van der Waals surface area contributed by atoms with Crippen LogP contribution >= 0.6 is 23.7 Å². The van der Waals surface area contributed by atoms with Crippen molar-refractivity contribution in [3.05, 3.63) is 16.1 Å². The number of hydrogen-bond donors (Lipinski definition) is 1.